The molecule has 1 aliphatic carbocycles. The van der Waals surface area contributed by atoms with Gasteiger partial charge < -0.3 is 5.32 Å². The Hall–Kier alpha value is -2.11. The maximum absolute atomic E-state index is 12.1. The number of aromatic nitrogens is 4. The molecule has 20 heavy (non-hydrogen) atoms. The molecule has 0 fully saturated rings. The number of carbonyl (C=O) groups excluding carboxylic acids is 1. The lowest BCUT2D eigenvalue weighted by molar-refractivity contribution is -0.125. The van der Waals surface area contributed by atoms with Crippen molar-refractivity contribution in [3.05, 3.63) is 35.4 Å². The van der Waals surface area contributed by atoms with Gasteiger partial charge in [0.05, 0.1) is 24.7 Å². The van der Waals surface area contributed by atoms with Crippen molar-refractivity contribution in [2.24, 2.45) is 5.92 Å². The Kier molecular flexibility index (Phi) is 3.54. The zero-order valence-corrected chi connectivity index (χ0v) is 11.6. The SMILES string of the molecule is CC(Cn1cccn1)C(=O)NCc1n[nH]c2c1CCC2. The fourth-order valence-electron chi connectivity index (χ4n) is 2.65. The second-order valence-corrected chi connectivity index (χ2v) is 5.33. The minimum atomic E-state index is -0.109. The Bertz CT molecular complexity index is 587. The van der Waals surface area contributed by atoms with Gasteiger partial charge in [-0.1, -0.05) is 6.92 Å². The van der Waals surface area contributed by atoms with E-state index in [4.69, 9.17) is 0 Å². The highest BCUT2D eigenvalue weighted by Gasteiger charge is 2.19. The van der Waals surface area contributed by atoms with E-state index < -0.39 is 0 Å². The molecule has 0 aliphatic heterocycles. The van der Waals surface area contributed by atoms with Gasteiger partial charge in [-0.15, -0.1) is 0 Å². The first kappa shape index (κ1) is 12.9. The normalized spacial score (nSPS) is 15.1. The lowest BCUT2D eigenvalue weighted by Gasteiger charge is -2.12. The predicted octanol–water partition coefficient (Wildman–Crippen LogP) is 1.05. The highest BCUT2D eigenvalue weighted by atomic mass is 16.1. The summed E-state index contributed by atoms with van der Waals surface area (Å²) in [5.74, 6) is -0.0721. The molecule has 2 aromatic rings. The zero-order valence-electron chi connectivity index (χ0n) is 11.6. The monoisotopic (exact) mass is 273 g/mol. The molecule has 6 nitrogen and oxygen atoms in total. The number of H-pyrrole nitrogens is 1. The molecule has 0 spiro atoms. The Morgan fingerprint density at radius 2 is 2.45 bits per heavy atom. The van der Waals surface area contributed by atoms with Gasteiger partial charge in [0.15, 0.2) is 0 Å². The number of amides is 1. The summed E-state index contributed by atoms with van der Waals surface area (Å²) in [6.45, 7) is 3.01. The lowest BCUT2D eigenvalue weighted by Crippen LogP contribution is -2.31. The summed E-state index contributed by atoms with van der Waals surface area (Å²) < 4.78 is 1.77. The van der Waals surface area contributed by atoms with E-state index in [1.54, 1.807) is 10.9 Å². The maximum atomic E-state index is 12.1. The summed E-state index contributed by atoms with van der Waals surface area (Å²) in [4.78, 5) is 12.1. The van der Waals surface area contributed by atoms with Crippen LogP contribution in [-0.2, 0) is 30.7 Å². The summed E-state index contributed by atoms with van der Waals surface area (Å²) in [5, 5.41) is 14.4. The number of carbonyl (C=O) groups is 1. The average molecular weight is 273 g/mol. The van der Waals surface area contributed by atoms with Crippen LogP contribution in [0.15, 0.2) is 18.5 Å². The number of fused-ring (bicyclic) bond motifs is 1. The molecular weight excluding hydrogens is 254 g/mol. The summed E-state index contributed by atoms with van der Waals surface area (Å²) in [7, 11) is 0. The molecule has 2 heterocycles. The summed E-state index contributed by atoms with van der Waals surface area (Å²) in [6, 6.07) is 1.86. The Morgan fingerprint density at radius 3 is 3.25 bits per heavy atom. The van der Waals surface area contributed by atoms with Gasteiger partial charge in [0.2, 0.25) is 5.91 Å². The molecule has 1 atom stereocenters. The lowest BCUT2D eigenvalue weighted by atomic mass is 10.1. The molecule has 0 saturated heterocycles. The van der Waals surface area contributed by atoms with E-state index in [-0.39, 0.29) is 11.8 Å². The Morgan fingerprint density at radius 1 is 1.55 bits per heavy atom. The molecular formula is C14H19N5O. The predicted molar refractivity (Wildman–Crippen MR) is 73.9 cm³/mol. The molecule has 0 radical (unpaired) electrons. The summed E-state index contributed by atoms with van der Waals surface area (Å²) in [5.41, 5.74) is 3.51. The molecule has 1 amide bonds. The van der Waals surface area contributed by atoms with E-state index in [2.05, 4.69) is 20.6 Å². The maximum Gasteiger partial charge on any atom is 0.225 e. The zero-order chi connectivity index (χ0) is 13.9. The molecule has 3 rings (SSSR count). The van der Waals surface area contributed by atoms with E-state index in [1.807, 2.05) is 19.2 Å². The quantitative estimate of drug-likeness (QED) is 0.855. The average Bonchev–Trinajstić information content (AvgIpc) is 3.13. The number of aryl methyl sites for hydroxylation is 1. The second kappa shape index (κ2) is 5.48. The molecule has 0 saturated carbocycles. The van der Waals surface area contributed by atoms with Gasteiger partial charge in [-0.3, -0.25) is 14.6 Å². The van der Waals surface area contributed by atoms with E-state index in [0.717, 1.165) is 18.5 Å². The first-order valence-corrected chi connectivity index (χ1v) is 7.04. The highest BCUT2D eigenvalue weighted by Crippen LogP contribution is 2.22. The van der Waals surface area contributed by atoms with Crippen LogP contribution in [0.2, 0.25) is 0 Å². The third-order valence-electron chi connectivity index (χ3n) is 3.79. The van der Waals surface area contributed by atoms with Crippen molar-refractivity contribution in [2.45, 2.75) is 39.3 Å². The first-order valence-electron chi connectivity index (χ1n) is 7.04. The standard InChI is InChI=1S/C14H19N5O/c1-10(9-19-7-3-6-16-19)14(20)15-8-13-11-4-2-5-12(11)17-18-13/h3,6-7,10H,2,4-5,8-9H2,1H3,(H,15,20)(H,17,18). The van der Waals surface area contributed by atoms with Crippen LogP contribution in [0.5, 0.6) is 0 Å². The number of aromatic amines is 1. The van der Waals surface area contributed by atoms with Crippen LogP contribution < -0.4 is 5.32 Å². The van der Waals surface area contributed by atoms with Crippen molar-refractivity contribution in [3.63, 3.8) is 0 Å². The second-order valence-electron chi connectivity index (χ2n) is 5.33. The molecule has 6 heteroatoms. The van der Waals surface area contributed by atoms with E-state index in [1.165, 1.54) is 17.7 Å². The number of nitrogens with zero attached hydrogens (tertiary/aromatic N) is 3. The third-order valence-corrected chi connectivity index (χ3v) is 3.79. The number of nitrogens with one attached hydrogen (secondary N) is 2. The molecule has 0 aromatic carbocycles. The molecule has 2 aromatic heterocycles. The largest absolute Gasteiger partial charge is 0.350 e. The molecule has 0 bridgehead atoms. The smallest absolute Gasteiger partial charge is 0.225 e. The van der Waals surface area contributed by atoms with Crippen molar-refractivity contribution < 1.29 is 4.79 Å². The molecule has 106 valence electrons. The van der Waals surface area contributed by atoms with Gasteiger partial charge in [0.25, 0.3) is 0 Å². The van der Waals surface area contributed by atoms with Crippen molar-refractivity contribution in [2.75, 3.05) is 0 Å². The fraction of sp³-hybridized carbons (Fsp3) is 0.500. The van der Waals surface area contributed by atoms with Gasteiger partial charge in [-0.25, -0.2) is 0 Å². The van der Waals surface area contributed by atoms with Crippen molar-refractivity contribution in [1.29, 1.82) is 0 Å². The highest BCUT2D eigenvalue weighted by molar-refractivity contribution is 5.78. The van der Waals surface area contributed by atoms with Crippen LogP contribution >= 0.6 is 0 Å². The number of hydrogen-bond donors (Lipinski definition) is 2. The van der Waals surface area contributed by atoms with Gasteiger partial charge in [-0.2, -0.15) is 10.2 Å². The van der Waals surface area contributed by atoms with Gasteiger partial charge in [0.1, 0.15) is 0 Å². The van der Waals surface area contributed by atoms with Crippen molar-refractivity contribution in [1.82, 2.24) is 25.3 Å². The van der Waals surface area contributed by atoms with E-state index >= 15 is 0 Å². The summed E-state index contributed by atoms with van der Waals surface area (Å²) >= 11 is 0. The van der Waals surface area contributed by atoms with Crippen LogP contribution in [-0.4, -0.2) is 25.9 Å². The van der Waals surface area contributed by atoms with Gasteiger partial charge >= 0.3 is 0 Å². The Labute approximate surface area is 117 Å². The third kappa shape index (κ3) is 2.59. The molecule has 1 aliphatic rings. The minimum absolute atomic E-state index is 0.0373. The van der Waals surface area contributed by atoms with Crippen LogP contribution in [0.25, 0.3) is 0 Å². The first-order chi connectivity index (χ1) is 9.74. The van der Waals surface area contributed by atoms with Gasteiger partial charge in [-0.05, 0) is 30.9 Å². The number of hydrogen-bond acceptors (Lipinski definition) is 3. The van der Waals surface area contributed by atoms with Gasteiger partial charge in [0, 0.05) is 18.1 Å². The van der Waals surface area contributed by atoms with Crippen molar-refractivity contribution >= 4 is 5.91 Å². The minimum Gasteiger partial charge on any atom is -0.350 e. The fourth-order valence-corrected chi connectivity index (χ4v) is 2.65. The summed E-state index contributed by atoms with van der Waals surface area (Å²) in [6.07, 6.45) is 6.91. The molecule has 1 unspecified atom stereocenters. The van der Waals surface area contributed by atoms with E-state index in [9.17, 15) is 4.79 Å². The van der Waals surface area contributed by atoms with Crippen LogP contribution in [0.4, 0.5) is 0 Å². The Balaban J connectivity index is 1.53. The molecule has 2 N–H and O–H groups in total. The van der Waals surface area contributed by atoms with Crippen LogP contribution in [0.1, 0.15) is 30.3 Å². The van der Waals surface area contributed by atoms with E-state index in [0.29, 0.717) is 13.1 Å². The number of rotatable bonds is 5. The topological polar surface area (TPSA) is 75.6 Å². The van der Waals surface area contributed by atoms with Crippen LogP contribution in [0, 0.1) is 5.92 Å². The van der Waals surface area contributed by atoms with Crippen molar-refractivity contribution in [3.8, 4) is 0 Å². The van der Waals surface area contributed by atoms with Crippen LogP contribution in [0.3, 0.4) is 0 Å².